The molecule has 94 valence electrons. The monoisotopic (exact) mass is 266 g/mol. The summed E-state index contributed by atoms with van der Waals surface area (Å²) < 4.78 is 19.1. The summed E-state index contributed by atoms with van der Waals surface area (Å²) in [5.74, 6) is -0.0419. The fraction of sp³-hybridized carbons (Fsp3) is 0.154. The molecule has 18 heavy (non-hydrogen) atoms. The summed E-state index contributed by atoms with van der Waals surface area (Å²) in [4.78, 5) is 4.02. The van der Waals surface area contributed by atoms with E-state index in [1.54, 1.807) is 18.3 Å². The van der Waals surface area contributed by atoms with Gasteiger partial charge in [0.25, 0.3) is 0 Å². The highest BCUT2D eigenvalue weighted by molar-refractivity contribution is 6.30. The Balaban J connectivity index is 2.23. The van der Waals surface area contributed by atoms with Gasteiger partial charge in [0.1, 0.15) is 5.75 Å². The molecular weight excluding hydrogens is 255 g/mol. The van der Waals surface area contributed by atoms with Gasteiger partial charge < -0.3 is 10.5 Å². The van der Waals surface area contributed by atoms with E-state index in [4.69, 9.17) is 22.1 Å². The minimum Gasteiger partial charge on any atom is -0.453 e. The van der Waals surface area contributed by atoms with Crippen LogP contribution in [-0.4, -0.2) is 11.5 Å². The zero-order valence-corrected chi connectivity index (χ0v) is 10.3. The van der Waals surface area contributed by atoms with E-state index >= 15 is 0 Å². The highest BCUT2D eigenvalue weighted by Gasteiger charge is 2.08. The second-order valence-corrected chi connectivity index (χ2v) is 4.13. The molecule has 0 radical (unpaired) electrons. The van der Waals surface area contributed by atoms with Gasteiger partial charge in [0, 0.05) is 6.20 Å². The molecule has 3 nitrogen and oxygen atoms in total. The van der Waals surface area contributed by atoms with E-state index in [-0.39, 0.29) is 10.8 Å². The minimum absolute atomic E-state index is 0.0265. The van der Waals surface area contributed by atoms with Gasteiger partial charge in [0.05, 0.1) is 11.2 Å². The van der Waals surface area contributed by atoms with Gasteiger partial charge in [-0.25, -0.2) is 4.39 Å². The van der Waals surface area contributed by atoms with E-state index in [0.717, 1.165) is 5.56 Å². The number of aromatic nitrogens is 1. The fourth-order valence-electron chi connectivity index (χ4n) is 1.51. The van der Waals surface area contributed by atoms with Crippen LogP contribution in [0.15, 0.2) is 36.7 Å². The molecule has 0 aliphatic carbocycles. The van der Waals surface area contributed by atoms with Crippen LogP contribution in [0, 0.1) is 5.82 Å². The van der Waals surface area contributed by atoms with Crippen LogP contribution in [0.2, 0.25) is 5.02 Å². The first-order valence-electron chi connectivity index (χ1n) is 5.46. The van der Waals surface area contributed by atoms with Gasteiger partial charge in [-0.05, 0) is 36.7 Å². The first-order valence-corrected chi connectivity index (χ1v) is 5.84. The van der Waals surface area contributed by atoms with Gasteiger partial charge in [-0.3, -0.25) is 4.98 Å². The molecule has 0 aliphatic rings. The van der Waals surface area contributed by atoms with Crippen LogP contribution < -0.4 is 10.5 Å². The highest BCUT2D eigenvalue weighted by atomic mass is 35.5. The van der Waals surface area contributed by atoms with Gasteiger partial charge in [-0.15, -0.1) is 0 Å². The molecule has 0 saturated carbocycles. The second kappa shape index (κ2) is 5.80. The zero-order chi connectivity index (χ0) is 13.0. The van der Waals surface area contributed by atoms with Crippen molar-refractivity contribution in [3.8, 4) is 11.5 Å². The number of pyridine rings is 1. The minimum atomic E-state index is -0.580. The van der Waals surface area contributed by atoms with Crippen molar-refractivity contribution in [3.05, 3.63) is 53.1 Å². The Morgan fingerprint density at radius 1 is 1.33 bits per heavy atom. The van der Waals surface area contributed by atoms with Crippen LogP contribution in [0.5, 0.6) is 11.5 Å². The molecule has 1 aromatic heterocycles. The van der Waals surface area contributed by atoms with Gasteiger partial charge in [-0.2, -0.15) is 0 Å². The lowest BCUT2D eigenvalue weighted by molar-refractivity contribution is 0.440. The van der Waals surface area contributed by atoms with E-state index < -0.39 is 5.82 Å². The Morgan fingerprint density at radius 3 is 2.94 bits per heavy atom. The summed E-state index contributed by atoms with van der Waals surface area (Å²) in [5, 5.41) is 0.0265. The maximum Gasteiger partial charge on any atom is 0.184 e. The lowest BCUT2D eigenvalue weighted by Gasteiger charge is -2.08. The molecule has 0 atom stereocenters. The molecule has 2 N–H and O–H groups in total. The molecule has 0 saturated heterocycles. The molecule has 0 fully saturated rings. The highest BCUT2D eigenvalue weighted by Crippen LogP contribution is 2.28. The summed E-state index contributed by atoms with van der Waals surface area (Å²) in [5.41, 5.74) is 6.40. The molecule has 2 aromatic rings. The van der Waals surface area contributed by atoms with Gasteiger partial charge in [0.2, 0.25) is 0 Å². The van der Waals surface area contributed by atoms with Gasteiger partial charge >= 0.3 is 0 Å². The van der Waals surface area contributed by atoms with Gasteiger partial charge in [-0.1, -0.05) is 17.7 Å². The number of ether oxygens (including phenoxy) is 1. The first kappa shape index (κ1) is 12.8. The number of nitrogens with zero attached hydrogens (tertiary/aromatic N) is 1. The Hall–Kier alpha value is -1.65. The lowest BCUT2D eigenvalue weighted by Crippen LogP contribution is -2.03. The predicted octanol–water partition coefficient (Wildman–Crippen LogP) is 3.17. The van der Waals surface area contributed by atoms with E-state index in [1.807, 2.05) is 0 Å². The van der Waals surface area contributed by atoms with Crippen molar-refractivity contribution < 1.29 is 9.13 Å². The summed E-state index contributed by atoms with van der Waals surface area (Å²) in [6.45, 7) is 0.524. The smallest absolute Gasteiger partial charge is 0.184 e. The van der Waals surface area contributed by atoms with E-state index in [9.17, 15) is 4.39 Å². The van der Waals surface area contributed by atoms with E-state index in [2.05, 4.69) is 4.98 Å². The Labute approximate surface area is 109 Å². The fourth-order valence-corrected chi connectivity index (χ4v) is 1.68. The summed E-state index contributed by atoms with van der Waals surface area (Å²) in [6.07, 6.45) is 3.91. The molecule has 0 aliphatic heterocycles. The Kier molecular flexibility index (Phi) is 4.12. The quantitative estimate of drug-likeness (QED) is 0.925. The number of rotatable bonds is 4. The largest absolute Gasteiger partial charge is 0.453 e. The molecule has 1 aromatic carbocycles. The van der Waals surface area contributed by atoms with Crippen LogP contribution in [0.1, 0.15) is 5.56 Å². The van der Waals surface area contributed by atoms with E-state index in [0.29, 0.717) is 18.7 Å². The SMILES string of the molecule is NCCc1cncc(Oc2cccc(Cl)c2F)c1. The maximum absolute atomic E-state index is 13.6. The van der Waals surface area contributed by atoms with Crippen molar-refractivity contribution in [3.63, 3.8) is 0 Å². The molecule has 0 spiro atoms. The van der Waals surface area contributed by atoms with Crippen molar-refractivity contribution in [1.82, 2.24) is 4.98 Å². The summed E-state index contributed by atoms with van der Waals surface area (Å²) in [7, 11) is 0. The lowest BCUT2D eigenvalue weighted by atomic mass is 10.2. The van der Waals surface area contributed by atoms with Crippen LogP contribution >= 0.6 is 11.6 Å². The van der Waals surface area contributed by atoms with Gasteiger partial charge in [0.15, 0.2) is 11.6 Å². The third-order valence-corrected chi connectivity index (χ3v) is 2.64. The number of hydrogen-bond donors (Lipinski definition) is 1. The van der Waals surface area contributed by atoms with Crippen molar-refractivity contribution >= 4 is 11.6 Å². The number of nitrogens with two attached hydrogens (primary N) is 1. The van der Waals surface area contributed by atoms with E-state index in [1.165, 1.54) is 18.3 Å². The predicted molar refractivity (Wildman–Crippen MR) is 68.5 cm³/mol. The van der Waals surface area contributed by atoms with Crippen molar-refractivity contribution in [2.45, 2.75) is 6.42 Å². The molecule has 5 heteroatoms. The second-order valence-electron chi connectivity index (χ2n) is 3.72. The normalized spacial score (nSPS) is 10.4. The summed E-state index contributed by atoms with van der Waals surface area (Å²) in [6, 6.07) is 6.38. The molecule has 0 amide bonds. The average Bonchev–Trinajstić information content (AvgIpc) is 2.36. The zero-order valence-electron chi connectivity index (χ0n) is 9.57. The number of hydrogen-bond acceptors (Lipinski definition) is 3. The van der Waals surface area contributed by atoms with Crippen LogP contribution in [0.3, 0.4) is 0 Å². The number of benzene rings is 1. The van der Waals surface area contributed by atoms with Crippen molar-refractivity contribution in [2.24, 2.45) is 5.73 Å². The Morgan fingerprint density at radius 2 is 2.17 bits per heavy atom. The molecule has 0 bridgehead atoms. The van der Waals surface area contributed by atoms with Crippen molar-refractivity contribution in [2.75, 3.05) is 6.54 Å². The maximum atomic E-state index is 13.6. The number of halogens is 2. The third kappa shape index (κ3) is 2.97. The molecule has 2 rings (SSSR count). The standard InChI is InChI=1S/C13H12ClFN2O/c14-11-2-1-3-12(13(11)15)18-10-6-9(4-5-16)7-17-8-10/h1-3,6-8H,4-5,16H2. The van der Waals surface area contributed by atoms with Crippen LogP contribution in [0.25, 0.3) is 0 Å². The first-order chi connectivity index (χ1) is 8.70. The molecule has 0 unspecified atom stereocenters. The topological polar surface area (TPSA) is 48.1 Å². The molecule has 1 heterocycles. The van der Waals surface area contributed by atoms with Crippen LogP contribution in [-0.2, 0) is 6.42 Å². The Bertz CT molecular complexity index is 548. The summed E-state index contributed by atoms with van der Waals surface area (Å²) >= 11 is 5.67. The van der Waals surface area contributed by atoms with Crippen LogP contribution in [0.4, 0.5) is 4.39 Å². The third-order valence-electron chi connectivity index (χ3n) is 2.35. The van der Waals surface area contributed by atoms with Crippen molar-refractivity contribution in [1.29, 1.82) is 0 Å². The average molecular weight is 267 g/mol. The molecular formula is C13H12ClFN2O.